The minimum Gasteiger partial charge on any atom is -0.412 e. The zero-order valence-electron chi connectivity index (χ0n) is 15.7. The van der Waals surface area contributed by atoms with Gasteiger partial charge >= 0.3 is 0 Å². The lowest BCUT2D eigenvalue weighted by molar-refractivity contribution is 0.286. The Morgan fingerprint density at radius 1 is 1.00 bits per heavy atom. The van der Waals surface area contributed by atoms with Crippen molar-refractivity contribution in [2.24, 2.45) is 11.8 Å². The Balaban J connectivity index is 2.71. The molecule has 0 unspecified atom stereocenters. The van der Waals surface area contributed by atoms with E-state index in [4.69, 9.17) is 4.43 Å². The molecule has 1 aliphatic rings. The van der Waals surface area contributed by atoms with Gasteiger partial charge in [-0.15, -0.1) is 0 Å². The third-order valence-electron chi connectivity index (χ3n) is 5.70. The molecule has 1 aliphatic carbocycles. The van der Waals surface area contributed by atoms with Gasteiger partial charge in [0, 0.05) is 0 Å². The van der Waals surface area contributed by atoms with Crippen molar-refractivity contribution < 1.29 is 4.43 Å². The molecule has 0 aliphatic heterocycles. The first-order valence-corrected chi connectivity index (χ1v) is 11.2. The van der Waals surface area contributed by atoms with Gasteiger partial charge in [-0.25, -0.2) is 0 Å². The molecule has 1 nitrogen and oxygen atoms in total. The first kappa shape index (κ1) is 19.0. The Kier molecular flexibility index (Phi) is 7.19. The molecule has 0 amide bonds. The highest BCUT2D eigenvalue weighted by atomic mass is 28.4. The van der Waals surface area contributed by atoms with E-state index in [0.717, 1.165) is 18.4 Å². The van der Waals surface area contributed by atoms with Crippen LogP contribution in [0.5, 0.6) is 0 Å². The number of hydrogen-bond donors (Lipinski definition) is 0. The van der Waals surface area contributed by atoms with Crippen LogP contribution in [0.3, 0.4) is 0 Å². The van der Waals surface area contributed by atoms with Crippen LogP contribution >= 0.6 is 0 Å². The largest absolute Gasteiger partial charge is 0.412 e. The monoisotopic (exact) mass is 310 g/mol. The summed E-state index contributed by atoms with van der Waals surface area (Å²) in [4.78, 5) is 0. The summed E-state index contributed by atoms with van der Waals surface area (Å²) in [6.07, 6.45) is 6.35. The van der Waals surface area contributed by atoms with Gasteiger partial charge in [-0.3, -0.25) is 0 Å². The van der Waals surface area contributed by atoms with E-state index in [1.165, 1.54) is 19.3 Å². The second-order valence-corrected chi connectivity index (χ2v) is 13.7. The predicted molar refractivity (Wildman–Crippen MR) is 97.3 cm³/mol. The van der Waals surface area contributed by atoms with Crippen molar-refractivity contribution in [1.82, 2.24) is 0 Å². The third-order valence-corrected chi connectivity index (χ3v) is 11.8. The van der Waals surface area contributed by atoms with Crippen LogP contribution in [0.1, 0.15) is 74.7 Å². The normalized spacial score (nSPS) is 20.8. The van der Waals surface area contributed by atoms with Gasteiger partial charge in [0.1, 0.15) is 0 Å². The summed E-state index contributed by atoms with van der Waals surface area (Å²) in [6, 6.07) is 0. The molecular weight excluding hydrogens is 272 g/mol. The second-order valence-electron chi connectivity index (χ2n) is 8.25. The molecule has 21 heavy (non-hydrogen) atoms. The van der Waals surface area contributed by atoms with Crippen LogP contribution in [-0.4, -0.2) is 14.9 Å². The van der Waals surface area contributed by atoms with Gasteiger partial charge < -0.3 is 4.43 Å². The van der Waals surface area contributed by atoms with Crippen molar-refractivity contribution in [2.45, 2.75) is 91.3 Å². The van der Waals surface area contributed by atoms with Crippen LogP contribution in [0.4, 0.5) is 0 Å². The molecule has 0 radical (unpaired) electrons. The van der Waals surface area contributed by atoms with Gasteiger partial charge in [-0.1, -0.05) is 61.5 Å². The number of hydrogen-bond acceptors (Lipinski definition) is 1. The summed E-state index contributed by atoms with van der Waals surface area (Å²) in [5, 5.41) is 0. The van der Waals surface area contributed by atoms with Gasteiger partial charge in [-0.05, 0) is 53.3 Å². The van der Waals surface area contributed by atoms with E-state index in [0.29, 0.717) is 16.6 Å². The van der Waals surface area contributed by atoms with Crippen LogP contribution in [0.15, 0.2) is 11.6 Å². The first-order valence-electron chi connectivity index (χ1n) is 9.03. The zero-order chi connectivity index (χ0) is 16.2. The Hall–Kier alpha value is -0.0831. The van der Waals surface area contributed by atoms with E-state index in [2.05, 4.69) is 61.5 Å². The molecule has 1 atom stereocenters. The van der Waals surface area contributed by atoms with Gasteiger partial charge in [0.05, 0.1) is 6.61 Å². The molecule has 2 heteroatoms. The predicted octanol–water partition coefficient (Wildman–Crippen LogP) is 6.56. The summed E-state index contributed by atoms with van der Waals surface area (Å²) in [7, 11) is -1.69. The van der Waals surface area contributed by atoms with Crippen LogP contribution < -0.4 is 0 Å². The standard InChI is InChI=1S/C19H38OSi/c1-14(2)19-11-9-18(10-12-19)13-20-21(15(3)4,16(5)6)17(7)8/h9,14-17,19H,10-13H2,1-8H3/t19-/m1/s1. The average molecular weight is 311 g/mol. The Morgan fingerprint density at radius 2 is 1.52 bits per heavy atom. The van der Waals surface area contributed by atoms with E-state index in [1.807, 2.05) is 0 Å². The van der Waals surface area contributed by atoms with E-state index in [1.54, 1.807) is 5.57 Å². The fraction of sp³-hybridized carbons (Fsp3) is 0.895. The fourth-order valence-corrected chi connectivity index (χ4v) is 9.80. The minimum atomic E-state index is -1.69. The summed E-state index contributed by atoms with van der Waals surface area (Å²) < 4.78 is 6.72. The van der Waals surface area contributed by atoms with E-state index < -0.39 is 8.32 Å². The molecule has 0 fully saturated rings. The second kappa shape index (κ2) is 7.96. The molecule has 0 heterocycles. The highest BCUT2D eigenvalue weighted by Crippen LogP contribution is 2.43. The highest BCUT2D eigenvalue weighted by molar-refractivity contribution is 6.77. The van der Waals surface area contributed by atoms with E-state index >= 15 is 0 Å². The molecule has 1 rings (SSSR count). The minimum absolute atomic E-state index is 0.685. The van der Waals surface area contributed by atoms with Crippen molar-refractivity contribution in [3.63, 3.8) is 0 Å². The van der Waals surface area contributed by atoms with Gasteiger partial charge in [-0.2, -0.15) is 0 Å². The van der Waals surface area contributed by atoms with Crippen LogP contribution in [-0.2, 0) is 4.43 Å². The number of allylic oxidation sites excluding steroid dienone is 1. The van der Waals surface area contributed by atoms with Crippen LogP contribution in [0.2, 0.25) is 16.6 Å². The van der Waals surface area contributed by atoms with Crippen molar-refractivity contribution in [1.29, 1.82) is 0 Å². The highest BCUT2D eigenvalue weighted by Gasteiger charge is 2.45. The molecule has 0 N–H and O–H groups in total. The average Bonchev–Trinajstić information content (AvgIpc) is 2.38. The molecule has 0 bridgehead atoms. The maximum absolute atomic E-state index is 6.72. The van der Waals surface area contributed by atoms with Crippen molar-refractivity contribution >= 4 is 8.32 Å². The summed E-state index contributed by atoms with van der Waals surface area (Å²) in [5.74, 6) is 1.70. The lowest BCUT2D eigenvalue weighted by Gasteiger charge is -2.42. The maximum atomic E-state index is 6.72. The van der Waals surface area contributed by atoms with Crippen molar-refractivity contribution in [3.8, 4) is 0 Å². The quantitative estimate of drug-likeness (QED) is 0.382. The molecule has 0 saturated heterocycles. The molecular formula is C19H38OSi. The van der Waals surface area contributed by atoms with Crippen LogP contribution in [0.25, 0.3) is 0 Å². The molecule has 0 aromatic rings. The zero-order valence-corrected chi connectivity index (χ0v) is 16.7. The smallest absolute Gasteiger partial charge is 0.200 e. The molecule has 0 saturated carbocycles. The van der Waals surface area contributed by atoms with E-state index in [9.17, 15) is 0 Å². The SMILES string of the molecule is CC(C)[C@@H]1CC=C(CO[Si](C(C)C)(C(C)C)C(C)C)CC1. The summed E-state index contributed by atoms with van der Waals surface area (Å²) in [5.41, 5.74) is 3.62. The first-order chi connectivity index (χ1) is 9.71. The lowest BCUT2D eigenvalue weighted by Crippen LogP contribution is -2.48. The topological polar surface area (TPSA) is 9.23 Å². The Bertz CT molecular complexity index is 320. The third kappa shape index (κ3) is 4.45. The van der Waals surface area contributed by atoms with Crippen molar-refractivity contribution in [3.05, 3.63) is 11.6 Å². The summed E-state index contributed by atoms with van der Waals surface area (Å²) >= 11 is 0. The van der Waals surface area contributed by atoms with Crippen LogP contribution in [0, 0.1) is 11.8 Å². The van der Waals surface area contributed by atoms with Crippen molar-refractivity contribution in [2.75, 3.05) is 6.61 Å². The molecule has 0 spiro atoms. The van der Waals surface area contributed by atoms with Gasteiger partial charge in [0.25, 0.3) is 0 Å². The molecule has 0 aromatic carbocycles. The van der Waals surface area contributed by atoms with E-state index in [-0.39, 0.29) is 0 Å². The molecule has 124 valence electrons. The van der Waals surface area contributed by atoms with Gasteiger partial charge in [0.2, 0.25) is 8.32 Å². The lowest BCUT2D eigenvalue weighted by atomic mass is 9.82. The maximum Gasteiger partial charge on any atom is 0.200 e. The number of rotatable bonds is 7. The molecule has 0 aromatic heterocycles. The fourth-order valence-electron chi connectivity index (χ4n) is 4.36. The summed E-state index contributed by atoms with van der Waals surface area (Å²) in [6.45, 7) is 19.8. The van der Waals surface area contributed by atoms with Gasteiger partial charge in [0.15, 0.2) is 0 Å². The Labute approximate surface area is 134 Å². The Morgan fingerprint density at radius 3 is 1.86 bits per heavy atom.